The van der Waals surface area contributed by atoms with E-state index in [1.807, 2.05) is 20.8 Å². The van der Waals surface area contributed by atoms with Gasteiger partial charge in [-0.05, 0) is 12.8 Å². The lowest BCUT2D eigenvalue weighted by molar-refractivity contribution is -0.141. The molecule has 0 aromatic heterocycles. The second-order valence-corrected chi connectivity index (χ2v) is 4.92. The van der Waals surface area contributed by atoms with Crippen LogP contribution in [0.5, 0.6) is 0 Å². The van der Waals surface area contributed by atoms with Crippen LogP contribution in [0.15, 0.2) is 0 Å². The van der Waals surface area contributed by atoms with Crippen molar-refractivity contribution in [2.24, 2.45) is 16.6 Å². The molecule has 1 fully saturated rings. The predicted octanol–water partition coefficient (Wildman–Crippen LogP) is 1.73. The van der Waals surface area contributed by atoms with Crippen molar-refractivity contribution in [3.63, 3.8) is 0 Å². The van der Waals surface area contributed by atoms with E-state index in [4.69, 9.17) is 5.73 Å². The Balaban J connectivity index is 2.74. The minimum atomic E-state index is -0.222. The molecule has 2 N–H and O–H groups in total. The zero-order chi connectivity index (χ0) is 9.41. The molecule has 2 heteroatoms. The van der Waals surface area contributed by atoms with Crippen molar-refractivity contribution >= 4 is 5.78 Å². The maximum atomic E-state index is 11.9. The van der Waals surface area contributed by atoms with Crippen LogP contribution >= 0.6 is 0 Å². The highest BCUT2D eigenvalue weighted by Crippen LogP contribution is 2.44. The third-order valence-corrected chi connectivity index (χ3v) is 2.86. The number of carbonyl (C=O) groups is 1. The maximum absolute atomic E-state index is 11.9. The molecule has 70 valence electrons. The van der Waals surface area contributed by atoms with Crippen molar-refractivity contribution in [2.45, 2.75) is 40.0 Å². The number of hydrogen-bond donors (Lipinski definition) is 1. The van der Waals surface area contributed by atoms with E-state index in [-0.39, 0.29) is 10.8 Å². The molecule has 0 saturated heterocycles. The fourth-order valence-corrected chi connectivity index (χ4v) is 1.92. The van der Waals surface area contributed by atoms with Gasteiger partial charge in [-0.25, -0.2) is 0 Å². The number of rotatable bonds is 2. The van der Waals surface area contributed by atoms with Gasteiger partial charge in [0.2, 0.25) is 0 Å². The molecule has 0 bridgehead atoms. The van der Waals surface area contributed by atoms with Gasteiger partial charge in [0.25, 0.3) is 0 Å². The average molecular weight is 169 g/mol. The van der Waals surface area contributed by atoms with Crippen LogP contribution in [0.4, 0.5) is 0 Å². The lowest BCUT2D eigenvalue weighted by atomic mass is 9.60. The van der Waals surface area contributed by atoms with Gasteiger partial charge in [-0.2, -0.15) is 0 Å². The van der Waals surface area contributed by atoms with Crippen LogP contribution in [0.25, 0.3) is 0 Å². The Hall–Kier alpha value is -0.370. The Labute approximate surface area is 74.5 Å². The van der Waals surface area contributed by atoms with Crippen LogP contribution in [0, 0.1) is 10.8 Å². The number of nitrogens with two attached hydrogens (primary N) is 1. The topological polar surface area (TPSA) is 43.1 Å². The summed E-state index contributed by atoms with van der Waals surface area (Å²) in [6.45, 7) is 6.46. The standard InChI is InChI=1S/C10H19NO/c1-9(2,3)8(12)10(7-11)5-4-6-10/h4-7,11H2,1-3H3. The Morgan fingerprint density at radius 2 is 1.92 bits per heavy atom. The van der Waals surface area contributed by atoms with Crippen molar-refractivity contribution in [3.05, 3.63) is 0 Å². The van der Waals surface area contributed by atoms with Crippen molar-refractivity contribution in [1.29, 1.82) is 0 Å². The summed E-state index contributed by atoms with van der Waals surface area (Å²) in [4.78, 5) is 11.9. The van der Waals surface area contributed by atoms with E-state index in [0.29, 0.717) is 12.3 Å². The molecular weight excluding hydrogens is 150 g/mol. The normalized spacial score (nSPS) is 21.7. The first-order valence-electron chi connectivity index (χ1n) is 4.67. The van der Waals surface area contributed by atoms with E-state index in [0.717, 1.165) is 12.8 Å². The molecule has 1 aliphatic rings. The van der Waals surface area contributed by atoms with E-state index in [1.54, 1.807) is 0 Å². The third kappa shape index (κ3) is 1.40. The fraction of sp³-hybridized carbons (Fsp3) is 0.900. The molecule has 0 aliphatic heterocycles. The first-order chi connectivity index (χ1) is 5.42. The molecule has 0 heterocycles. The smallest absolute Gasteiger partial charge is 0.145 e. The Kier molecular flexibility index (Phi) is 2.30. The van der Waals surface area contributed by atoms with Crippen molar-refractivity contribution in [1.82, 2.24) is 0 Å². The molecule has 0 amide bonds. The molecule has 1 rings (SSSR count). The Morgan fingerprint density at radius 3 is 2.00 bits per heavy atom. The summed E-state index contributed by atoms with van der Waals surface area (Å²) in [5.74, 6) is 0.351. The van der Waals surface area contributed by atoms with Crippen LogP contribution in [-0.2, 0) is 4.79 Å². The second kappa shape index (κ2) is 2.84. The van der Waals surface area contributed by atoms with Gasteiger partial charge < -0.3 is 5.73 Å². The number of hydrogen-bond acceptors (Lipinski definition) is 2. The molecular formula is C10H19NO. The van der Waals surface area contributed by atoms with Gasteiger partial charge in [0.15, 0.2) is 0 Å². The van der Waals surface area contributed by atoms with Crippen LogP contribution in [0.2, 0.25) is 0 Å². The summed E-state index contributed by atoms with van der Waals surface area (Å²) in [5.41, 5.74) is 5.27. The lowest BCUT2D eigenvalue weighted by Crippen LogP contribution is -2.49. The van der Waals surface area contributed by atoms with Gasteiger partial charge in [0.05, 0.1) is 0 Å². The first-order valence-corrected chi connectivity index (χ1v) is 4.67. The third-order valence-electron chi connectivity index (χ3n) is 2.86. The van der Waals surface area contributed by atoms with Gasteiger partial charge in [0.1, 0.15) is 5.78 Å². The number of Topliss-reactive ketones (excluding diaryl/α,β-unsaturated/α-hetero) is 1. The summed E-state index contributed by atoms with van der Waals surface area (Å²) in [7, 11) is 0. The van der Waals surface area contributed by atoms with Gasteiger partial charge in [0, 0.05) is 17.4 Å². The van der Waals surface area contributed by atoms with Gasteiger partial charge in [-0.3, -0.25) is 4.79 Å². The maximum Gasteiger partial charge on any atom is 0.145 e. The molecule has 0 spiro atoms. The highest BCUT2D eigenvalue weighted by molar-refractivity contribution is 5.90. The quantitative estimate of drug-likeness (QED) is 0.684. The second-order valence-electron chi connectivity index (χ2n) is 4.92. The number of carbonyl (C=O) groups excluding carboxylic acids is 1. The van der Waals surface area contributed by atoms with E-state index in [2.05, 4.69) is 0 Å². The van der Waals surface area contributed by atoms with Gasteiger partial charge in [-0.1, -0.05) is 27.2 Å². The minimum absolute atomic E-state index is 0.155. The average Bonchev–Trinajstić information content (AvgIpc) is 1.84. The summed E-state index contributed by atoms with van der Waals surface area (Å²) >= 11 is 0. The highest BCUT2D eigenvalue weighted by Gasteiger charge is 2.46. The zero-order valence-corrected chi connectivity index (χ0v) is 8.31. The van der Waals surface area contributed by atoms with E-state index >= 15 is 0 Å². The monoisotopic (exact) mass is 169 g/mol. The molecule has 0 atom stereocenters. The minimum Gasteiger partial charge on any atom is -0.329 e. The molecule has 1 aliphatic carbocycles. The van der Waals surface area contributed by atoms with E-state index < -0.39 is 0 Å². The first kappa shape index (κ1) is 9.72. The highest BCUT2D eigenvalue weighted by atomic mass is 16.1. The van der Waals surface area contributed by atoms with Gasteiger partial charge in [-0.15, -0.1) is 0 Å². The van der Waals surface area contributed by atoms with E-state index in [9.17, 15) is 4.79 Å². The SMILES string of the molecule is CC(C)(C)C(=O)C1(CN)CCC1. The molecule has 1 saturated carbocycles. The summed E-state index contributed by atoms with van der Waals surface area (Å²) in [6, 6.07) is 0. The lowest BCUT2D eigenvalue weighted by Gasteiger charge is -2.43. The Morgan fingerprint density at radius 1 is 1.42 bits per heavy atom. The molecule has 2 nitrogen and oxygen atoms in total. The van der Waals surface area contributed by atoms with Crippen LogP contribution in [0.3, 0.4) is 0 Å². The van der Waals surface area contributed by atoms with Crippen LogP contribution < -0.4 is 5.73 Å². The van der Waals surface area contributed by atoms with Crippen LogP contribution in [-0.4, -0.2) is 12.3 Å². The fourth-order valence-electron chi connectivity index (χ4n) is 1.92. The van der Waals surface area contributed by atoms with Crippen molar-refractivity contribution in [3.8, 4) is 0 Å². The van der Waals surface area contributed by atoms with Gasteiger partial charge >= 0.3 is 0 Å². The Bertz CT molecular complexity index is 181. The molecule has 0 aromatic carbocycles. The largest absolute Gasteiger partial charge is 0.329 e. The van der Waals surface area contributed by atoms with Crippen molar-refractivity contribution in [2.75, 3.05) is 6.54 Å². The molecule has 12 heavy (non-hydrogen) atoms. The zero-order valence-electron chi connectivity index (χ0n) is 8.31. The molecule has 0 aromatic rings. The number of ketones is 1. The summed E-state index contributed by atoms with van der Waals surface area (Å²) < 4.78 is 0. The van der Waals surface area contributed by atoms with Crippen LogP contribution in [0.1, 0.15) is 40.0 Å². The molecule has 0 unspecified atom stereocenters. The van der Waals surface area contributed by atoms with Crippen molar-refractivity contribution < 1.29 is 4.79 Å². The van der Waals surface area contributed by atoms with E-state index in [1.165, 1.54) is 6.42 Å². The summed E-state index contributed by atoms with van der Waals surface area (Å²) in [6.07, 6.45) is 3.16. The summed E-state index contributed by atoms with van der Waals surface area (Å²) in [5, 5.41) is 0. The molecule has 0 radical (unpaired) electrons. The predicted molar refractivity (Wildman–Crippen MR) is 49.8 cm³/mol.